The first-order valence-electron chi connectivity index (χ1n) is 18.0. The smallest absolute Gasteiger partial charge is 0.0991 e. The lowest BCUT2D eigenvalue weighted by Crippen LogP contribution is -2.26. The normalized spacial score (nSPS) is 17.9. The van der Waals surface area contributed by atoms with Gasteiger partial charge in [0.15, 0.2) is 0 Å². The first-order chi connectivity index (χ1) is 25.7. The highest BCUT2D eigenvalue weighted by atomic mass is 14.9. The van der Waals surface area contributed by atoms with Crippen molar-refractivity contribution >= 4 is 27.7 Å². The molecule has 0 spiro atoms. The molecule has 0 amide bonds. The molecule has 0 aromatic heterocycles. The zero-order chi connectivity index (χ0) is 34.9. The van der Waals surface area contributed by atoms with Gasteiger partial charge in [-0.15, -0.1) is 0 Å². The highest BCUT2D eigenvalue weighted by Crippen LogP contribution is 2.44. The van der Waals surface area contributed by atoms with Gasteiger partial charge in [0.1, 0.15) is 0 Å². The van der Waals surface area contributed by atoms with Crippen molar-refractivity contribution in [2.24, 2.45) is 0 Å². The second-order valence-electron chi connectivity index (χ2n) is 13.7. The van der Waals surface area contributed by atoms with Crippen LogP contribution in [-0.4, -0.2) is 0 Å². The van der Waals surface area contributed by atoms with Crippen LogP contribution >= 0.6 is 0 Å². The number of hydrogen-bond acceptors (Lipinski definition) is 3. The molecule has 2 N–H and O–H groups in total. The third-order valence-electron chi connectivity index (χ3n) is 10.6. The minimum absolute atomic E-state index is 0.00780. The van der Waals surface area contributed by atoms with E-state index in [1.54, 1.807) is 0 Å². The first kappa shape index (κ1) is 31.4. The lowest BCUT2D eigenvalue weighted by atomic mass is 9.84. The molecule has 2 heterocycles. The molecular weight excluding hydrogens is 631 g/mol. The monoisotopic (exact) mass is 667 g/mol. The summed E-state index contributed by atoms with van der Waals surface area (Å²) < 4.78 is 0. The van der Waals surface area contributed by atoms with Gasteiger partial charge in [-0.2, -0.15) is 5.26 Å². The Kier molecular flexibility index (Phi) is 8.19. The summed E-state index contributed by atoms with van der Waals surface area (Å²) in [5.41, 5.74) is 14.0. The lowest BCUT2D eigenvalue weighted by Gasteiger charge is -2.32. The molecule has 3 atom stereocenters. The van der Waals surface area contributed by atoms with Crippen LogP contribution in [0.3, 0.4) is 0 Å². The average Bonchev–Trinajstić information content (AvgIpc) is 3.24. The number of anilines is 1. The molecule has 3 unspecified atom stereocenters. The molecule has 52 heavy (non-hydrogen) atoms. The topological polar surface area (TPSA) is 47.9 Å². The molecule has 0 radical (unpaired) electrons. The van der Waals surface area contributed by atoms with Gasteiger partial charge in [0.25, 0.3) is 0 Å². The van der Waals surface area contributed by atoms with Crippen LogP contribution in [0.5, 0.6) is 0 Å². The van der Waals surface area contributed by atoms with E-state index in [2.05, 4.69) is 174 Å². The number of nitriles is 1. The maximum atomic E-state index is 9.33. The van der Waals surface area contributed by atoms with Crippen molar-refractivity contribution in [1.29, 1.82) is 5.26 Å². The van der Waals surface area contributed by atoms with Gasteiger partial charge in [-0.1, -0.05) is 152 Å². The fourth-order valence-corrected chi connectivity index (χ4v) is 7.86. The molecule has 3 nitrogen and oxygen atoms in total. The van der Waals surface area contributed by atoms with Gasteiger partial charge in [-0.3, -0.25) is 0 Å². The predicted octanol–water partition coefficient (Wildman–Crippen LogP) is 11.8. The first-order valence-corrected chi connectivity index (χ1v) is 18.0. The van der Waals surface area contributed by atoms with Crippen LogP contribution in [-0.2, 0) is 0 Å². The van der Waals surface area contributed by atoms with E-state index in [0.717, 1.165) is 17.7 Å². The molecule has 248 valence electrons. The largest absolute Gasteiger partial charge is 0.378 e. The van der Waals surface area contributed by atoms with E-state index in [-0.39, 0.29) is 12.1 Å². The van der Waals surface area contributed by atoms with Crippen LogP contribution in [0, 0.1) is 11.3 Å². The number of nitrogens with zero attached hydrogens (tertiary/aromatic N) is 1. The number of allylic oxidation sites excluding steroid dienone is 1. The van der Waals surface area contributed by atoms with E-state index in [0.29, 0.717) is 11.5 Å². The van der Waals surface area contributed by atoms with E-state index >= 15 is 0 Å². The number of rotatable bonds is 6. The Morgan fingerprint density at radius 2 is 1.17 bits per heavy atom. The molecule has 2 aliphatic heterocycles. The number of hydrogen-bond donors (Lipinski definition) is 2. The molecule has 0 aliphatic carbocycles. The summed E-state index contributed by atoms with van der Waals surface area (Å²) in [5, 5.41) is 19.4. The van der Waals surface area contributed by atoms with Gasteiger partial charge in [-0.05, 0) is 92.1 Å². The highest BCUT2D eigenvalue weighted by molar-refractivity contribution is 6.05. The summed E-state index contributed by atoms with van der Waals surface area (Å²) in [6, 6.07) is 62.9. The SMILES string of the molecule is N#Cc1ccc(C2C=C(c3ccccc3)c3c(ccc4cc(-c5ccc(C6CC(c7ccccc7)C=C(c7ccccc7)N6)cc5)ccc34)N2)cc1. The molecule has 0 saturated heterocycles. The molecule has 3 heteroatoms. The van der Waals surface area contributed by atoms with E-state index < -0.39 is 0 Å². The van der Waals surface area contributed by atoms with Crippen molar-refractivity contribution < 1.29 is 0 Å². The Balaban J connectivity index is 1.03. The van der Waals surface area contributed by atoms with Crippen LogP contribution < -0.4 is 10.6 Å². The quantitative estimate of drug-likeness (QED) is 0.186. The molecule has 0 fully saturated rings. The molecular formula is C49H37N3. The van der Waals surface area contributed by atoms with Crippen molar-refractivity contribution in [3.05, 3.63) is 221 Å². The maximum Gasteiger partial charge on any atom is 0.0991 e. The molecule has 0 bridgehead atoms. The van der Waals surface area contributed by atoms with E-state index in [1.165, 1.54) is 61.0 Å². The van der Waals surface area contributed by atoms with Crippen LogP contribution in [0.25, 0.3) is 33.2 Å². The van der Waals surface area contributed by atoms with Gasteiger partial charge in [0, 0.05) is 22.9 Å². The summed E-state index contributed by atoms with van der Waals surface area (Å²) in [5.74, 6) is 0.331. The third kappa shape index (κ3) is 6.06. The minimum atomic E-state index is -0.00780. The van der Waals surface area contributed by atoms with Crippen LogP contribution in [0.15, 0.2) is 182 Å². The Bertz CT molecular complexity index is 2470. The van der Waals surface area contributed by atoms with E-state index in [9.17, 15) is 5.26 Å². The van der Waals surface area contributed by atoms with Gasteiger partial charge in [-0.25, -0.2) is 0 Å². The zero-order valence-corrected chi connectivity index (χ0v) is 28.7. The highest BCUT2D eigenvalue weighted by Gasteiger charge is 2.26. The molecule has 2 aliphatic rings. The van der Waals surface area contributed by atoms with Crippen LogP contribution in [0.1, 0.15) is 63.4 Å². The summed E-state index contributed by atoms with van der Waals surface area (Å²) in [7, 11) is 0. The van der Waals surface area contributed by atoms with Crippen LogP contribution in [0.4, 0.5) is 5.69 Å². The fourth-order valence-electron chi connectivity index (χ4n) is 7.86. The number of nitrogens with one attached hydrogen (secondary N) is 2. The van der Waals surface area contributed by atoms with Gasteiger partial charge >= 0.3 is 0 Å². The standard InChI is InChI=1S/C49H37N3/c50-32-33-16-18-38(19-17-33)48-31-44(36-12-6-2-7-13-36)49-43-26-24-40(28-41(43)25-27-45(49)51-48)35-20-22-39(23-21-35)47-30-42(34-10-4-1-5-11-34)29-46(52-47)37-14-8-3-9-15-37/h1-29,31,42,47-48,51-52H,30H2. The van der Waals surface area contributed by atoms with Crippen LogP contribution in [0.2, 0.25) is 0 Å². The minimum Gasteiger partial charge on any atom is -0.378 e. The predicted molar refractivity (Wildman–Crippen MR) is 215 cm³/mol. The fraction of sp³-hybridized carbons (Fsp3) is 0.0816. The van der Waals surface area contributed by atoms with Gasteiger partial charge in [0.2, 0.25) is 0 Å². The Morgan fingerprint density at radius 3 is 1.88 bits per heavy atom. The summed E-state index contributed by atoms with van der Waals surface area (Å²) in [6.07, 6.45) is 5.72. The maximum absolute atomic E-state index is 9.33. The number of fused-ring (bicyclic) bond motifs is 3. The molecule has 9 rings (SSSR count). The lowest BCUT2D eigenvalue weighted by molar-refractivity contribution is 0.526. The summed E-state index contributed by atoms with van der Waals surface area (Å²) >= 11 is 0. The summed E-state index contributed by atoms with van der Waals surface area (Å²) in [6.45, 7) is 0. The third-order valence-corrected chi connectivity index (χ3v) is 10.6. The van der Waals surface area contributed by atoms with Crippen molar-refractivity contribution in [2.75, 3.05) is 5.32 Å². The van der Waals surface area contributed by atoms with Crippen molar-refractivity contribution in [3.63, 3.8) is 0 Å². The van der Waals surface area contributed by atoms with E-state index in [4.69, 9.17) is 0 Å². The average molecular weight is 668 g/mol. The van der Waals surface area contributed by atoms with Crippen molar-refractivity contribution in [1.82, 2.24) is 5.32 Å². The van der Waals surface area contributed by atoms with Crippen molar-refractivity contribution in [3.8, 4) is 17.2 Å². The summed E-state index contributed by atoms with van der Waals surface area (Å²) in [4.78, 5) is 0. The Morgan fingerprint density at radius 1 is 0.519 bits per heavy atom. The van der Waals surface area contributed by atoms with Crippen molar-refractivity contribution in [2.45, 2.75) is 24.4 Å². The van der Waals surface area contributed by atoms with Gasteiger partial charge < -0.3 is 10.6 Å². The van der Waals surface area contributed by atoms with E-state index in [1.807, 2.05) is 24.3 Å². The number of benzene rings is 7. The molecule has 7 aromatic rings. The zero-order valence-electron chi connectivity index (χ0n) is 28.7. The Labute approximate surface area is 305 Å². The van der Waals surface area contributed by atoms with Gasteiger partial charge in [0.05, 0.1) is 23.7 Å². The second-order valence-corrected chi connectivity index (χ2v) is 13.7. The molecule has 0 saturated carbocycles. The Hall–Kier alpha value is -6.63. The second kappa shape index (κ2) is 13.6. The molecule has 7 aromatic carbocycles.